The SMILES string of the molecule is CC.CC.CC.CC.CC(C)O[Si](C)(OC(C)C)OC(C)C.P=S. The molecule has 6 heteroatoms. The van der Waals surface area contributed by atoms with Crippen molar-refractivity contribution in [3.05, 3.63) is 0 Å². The van der Waals surface area contributed by atoms with E-state index in [2.05, 4.69) is 19.8 Å². The minimum absolute atomic E-state index is 0.143. The Morgan fingerprint density at radius 1 is 0.542 bits per heavy atom. The maximum absolute atomic E-state index is 5.75. The normalized spacial score (nSPS) is 8.92. The van der Waals surface area contributed by atoms with Gasteiger partial charge in [-0.15, -0.1) is 0 Å². The van der Waals surface area contributed by atoms with E-state index in [1.54, 1.807) is 0 Å². The molecule has 0 heterocycles. The quantitative estimate of drug-likeness (QED) is 0.338. The summed E-state index contributed by atoms with van der Waals surface area (Å²) in [6, 6.07) is 0. The molecule has 0 atom stereocenters. The summed E-state index contributed by atoms with van der Waals surface area (Å²) in [6.07, 6.45) is 0.428. The maximum atomic E-state index is 5.75. The molecule has 0 bridgehead atoms. The minimum Gasteiger partial charge on any atom is -0.371 e. The van der Waals surface area contributed by atoms with E-state index in [9.17, 15) is 0 Å². The van der Waals surface area contributed by atoms with Crippen molar-refractivity contribution < 1.29 is 13.3 Å². The van der Waals surface area contributed by atoms with E-state index in [4.69, 9.17) is 13.3 Å². The van der Waals surface area contributed by atoms with Crippen molar-refractivity contribution in [1.29, 1.82) is 0 Å². The van der Waals surface area contributed by atoms with Crippen LogP contribution in [0.1, 0.15) is 96.9 Å². The van der Waals surface area contributed by atoms with Crippen LogP contribution in [-0.2, 0) is 25.1 Å². The Labute approximate surface area is 163 Å². The molecule has 0 saturated carbocycles. The highest BCUT2D eigenvalue weighted by Crippen LogP contribution is 2.16. The van der Waals surface area contributed by atoms with Crippen LogP contribution >= 0.6 is 8.02 Å². The lowest BCUT2D eigenvalue weighted by Crippen LogP contribution is -2.47. The molecule has 0 radical (unpaired) electrons. The molecule has 0 amide bonds. The zero-order chi connectivity index (χ0) is 21.4. The Morgan fingerprint density at radius 3 is 0.750 bits per heavy atom. The van der Waals surface area contributed by atoms with Crippen LogP contribution in [0, 0.1) is 0 Å². The van der Waals surface area contributed by atoms with Crippen LogP contribution < -0.4 is 0 Å². The van der Waals surface area contributed by atoms with E-state index in [1.165, 1.54) is 0 Å². The van der Waals surface area contributed by atoms with Crippen LogP contribution in [0.2, 0.25) is 6.55 Å². The van der Waals surface area contributed by atoms with Crippen LogP contribution in [0.25, 0.3) is 0 Å². The molecule has 24 heavy (non-hydrogen) atoms. The average Bonchev–Trinajstić information content (AvgIpc) is 2.54. The fourth-order valence-corrected chi connectivity index (χ4v) is 4.10. The van der Waals surface area contributed by atoms with E-state index in [0.717, 1.165) is 0 Å². The third-order valence-corrected chi connectivity index (χ3v) is 4.05. The van der Waals surface area contributed by atoms with Crippen molar-refractivity contribution in [2.24, 2.45) is 0 Å². The van der Waals surface area contributed by atoms with E-state index in [0.29, 0.717) is 0 Å². The maximum Gasteiger partial charge on any atom is 0.498 e. The summed E-state index contributed by atoms with van der Waals surface area (Å²) in [5.41, 5.74) is 0. The largest absolute Gasteiger partial charge is 0.498 e. The van der Waals surface area contributed by atoms with Crippen molar-refractivity contribution >= 4 is 28.6 Å². The topological polar surface area (TPSA) is 27.7 Å². The van der Waals surface area contributed by atoms with Crippen LogP contribution in [-0.4, -0.2) is 27.1 Å². The van der Waals surface area contributed by atoms with Gasteiger partial charge in [0.2, 0.25) is 0 Å². The molecule has 0 spiro atoms. The summed E-state index contributed by atoms with van der Waals surface area (Å²) in [6.45, 7) is 29.9. The Kier molecular flexibility index (Phi) is 57.5. The van der Waals surface area contributed by atoms with Gasteiger partial charge in [0, 0.05) is 24.9 Å². The summed E-state index contributed by atoms with van der Waals surface area (Å²) in [5, 5.41) is 0. The summed E-state index contributed by atoms with van der Waals surface area (Å²) in [5.74, 6) is 0. The van der Waals surface area contributed by atoms with Gasteiger partial charge in [0.15, 0.2) is 0 Å². The fourth-order valence-electron chi connectivity index (χ4n) is 1.37. The van der Waals surface area contributed by atoms with Crippen LogP contribution in [0.4, 0.5) is 0 Å². The molecule has 154 valence electrons. The third-order valence-electron chi connectivity index (χ3n) is 1.35. The molecule has 0 saturated heterocycles. The van der Waals surface area contributed by atoms with Gasteiger partial charge >= 0.3 is 8.80 Å². The second-order valence-corrected chi connectivity index (χ2v) is 6.79. The molecule has 0 aliphatic carbocycles. The van der Waals surface area contributed by atoms with Crippen molar-refractivity contribution in [1.82, 2.24) is 0 Å². The van der Waals surface area contributed by atoms with E-state index >= 15 is 0 Å². The van der Waals surface area contributed by atoms with Gasteiger partial charge in [0.05, 0.1) is 0 Å². The summed E-state index contributed by atoms with van der Waals surface area (Å²) < 4.78 is 17.3. The molecule has 0 aliphatic heterocycles. The third kappa shape index (κ3) is 43.3. The first-order valence-corrected chi connectivity index (χ1v) is 13.3. The van der Waals surface area contributed by atoms with Crippen molar-refractivity contribution in [2.45, 2.75) is 122 Å². The molecule has 0 unspecified atom stereocenters. The lowest BCUT2D eigenvalue weighted by atomic mass is 10.5. The van der Waals surface area contributed by atoms with Crippen LogP contribution in [0.5, 0.6) is 0 Å². The highest BCUT2D eigenvalue weighted by atomic mass is 32.4. The predicted octanol–water partition coefficient (Wildman–Crippen LogP) is 7.53. The molecule has 0 aromatic carbocycles. The van der Waals surface area contributed by atoms with E-state index in [1.807, 2.05) is 103 Å². The second-order valence-electron chi connectivity index (χ2n) is 4.36. The van der Waals surface area contributed by atoms with Gasteiger partial charge in [-0.05, 0) is 49.6 Å². The highest BCUT2D eigenvalue weighted by molar-refractivity contribution is 7.88. The fraction of sp³-hybridized carbons (Fsp3) is 1.00. The molecule has 3 nitrogen and oxygen atoms in total. The van der Waals surface area contributed by atoms with Crippen molar-refractivity contribution in [2.75, 3.05) is 0 Å². The predicted molar refractivity (Wildman–Crippen MR) is 121 cm³/mol. The summed E-state index contributed by atoms with van der Waals surface area (Å²) >= 11 is 3.89. The highest BCUT2D eigenvalue weighted by Gasteiger charge is 2.38. The molecule has 0 rings (SSSR count). The minimum atomic E-state index is -2.44. The number of hydrogen-bond acceptors (Lipinski definition) is 4. The Morgan fingerprint density at radius 2 is 0.667 bits per heavy atom. The first-order chi connectivity index (χ1) is 11.2. The van der Waals surface area contributed by atoms with Gasteiger partial charge in [0.25, 0.3) is 0 Å². The van der Waals surface area contributed by atoms with E-state index in [-0.39, 0.29) is 18.3 Å². The van der Waals surface area contributed by atoms with Gasteiger partial charge in [-0.25, -0.2) is 0 Å². The zero-order valence-electron chi connectivity index (χ0n) is 19.4. The van der Waals surface area contributed by atoms with Gasteiger partial charge in [0.1, 0.15) is 0 Å². The van der Waals surface area contributed by atoms with E-state index < -0.39 is 8.80 Å². The first kappa shape index (κ1) is 39.6. The smallest absolute Gasteiger partial charge is 0.371 e. The Hall–Kier alpha value is 0.617. The number of rotatable bonds is 6. The van der Waals surface area contributed by atoms with Gasteiger partial charge in [-0.2, -0.15) is 0 Å². The Balaban J connectivity index is -0.0000000687. The van der Waals surface area contributed by atoms with Gasteiger partial charge in [-0.3, -0.25) is 0 Å². The van der Waals surface area contributed by atoms with Gasteiger partial charge < -0.3 is 13.3 Å². The second kappa shape index (κ2) is 34.9. The average molecular weight is 405 g/mol. The molecule has 0 aromatic rings. The molecular formula is C18H49O3PSSi. The summed E-state index contributed by atoms with van der Waals surface area (Å²) in [4.78, 5) is 0. The summed E-state index contributed by atoms with van der Waals surface area (Å²) in [7, 11) is 0.117. The molecule has 0 N–H and O–H groups in total. The standard InChI is InChI=1S/C10H24O3Si.4C2H6.HPS/c1-8(2)11-14(7,12-9(3)4)13-10(5)6;5*1-2/h8-10H,1-7H3;4*1-2H3;1H. The monoisotopic (exact) mass is 404 g/mol. The molecule has 0 aliphatic rings. The van der Waals surface area contributed by atoms with Gasteiger partial charge in [-0.1, -0.05) is 67.2 Å². The van der Waals surface area contributed by atoms with Crippen molar-refractivity contribution in [3.8, 4) is 0 Å². The first-order valence-electron chi connectivity index (χ1n) is 9.49. The zero-order valence-corrected chi connectivity index (χ0v) is 22.2. The molecular weight excluding hydrogens is 355 g/mol. The molecule has 0 fully saturated rings. The van der Waals surface area contributed by atoms with Crippen LogP contribution in [0.15, 0.2) is 0 Å². The number of hydrogen-bond donors (Lipinski definition) is 0. The van der Waals surface area contributed by atoms with Crippen molar-refractivity contribution in [3.63, 3.8) is 0 Å². The lowest BCUT2D eigenvalue weighted by Gasteiger charge is -2.31. The van der Waals surface area contributed by atoms with Crippen LogP contribution in [0.3, 0.4) is 0 Å². The molecule has 0 aromatic heterocycles. The lowest BCUT2D eigenvalue weighted by molar-refractivity contribution is 0.00886. The Bertz CT molecular complexity index is 157.